The number of amides is 1. The van der Waals surface area contributed by atoms with Crippen LogP contribution in [0.3, 0.4) is 0 Å². The lowest BCUT2D eigenvalue weighted by molar-refractivity contribution is -0.130. The van der Waals surface area contributed by atoms with Crippen LogP contribution in [0.25, 0.3) is 21.7 Å². The molecule has 0 aliphatic carbocycles. The zero-order chi connectivity index (χ0) is 18.8. The molecule has 8 nitrogen and oxygen atoms in total. The lowest BCUT2D eigenvalue weighted by atomic mass is 10.3. The molecule has 0 radical (unpaired) electrons. The molecule has 0 spiro atoms. The number of carbonyl (C=O) groups excluding carboxylic acids is 1. The molecule has 0 atom stereocenters. The first-order chi connectivity index (χ1) is 13.1. The van der Waals surface area contributed by atoms with Crippen LogP contribution >= 0.6 is 22.7 Å². The summed E-state index contributed by atoms with van der Waals surface area (Å²) in [6, 6.07) is 3.69. The summed E-state index contributed by atoms with van der Waals surface area (Å²) < 4.78 is 6.17. The Balaban J connectivity index is 1.37. The van der Waals surface area contributed by atoms with Crippen LogP contribution in [0, 0.1) is 0 Å². The standard InChI is InChI=1S/C17H15N5O3S2/c1-22(8-12-18-11-5-7-27-15(11)16(24)19-12)14(23)3-2-13-20-21-17(25-13)10-4-6-26-9-10/h4-7,9H,2-3,8H2,1H3,(H,18,19,24). The van der Waals surface area contributed by atoms with Gasteiger partial charge in [-0.1, -0.05) is 0 Å². The average molecular weight is 401 g/mol. The van der Waals surface area contributed by atoms with Crippen LogP contribution in [0.15, 0.2) is 37.5 Å². The minimum atomic E-state index is -0.183. The molecule has 4 rings (SSSR count). The van der Waals surface area contributed by atoms with Crippen molar-refractivity contribution < 1.29 is 9.21 Å². The van der Waals surface area contributed by atoms with E-state index in [9.17, 15) is 9.59 Å². The third kappa shape index (κ3) is 3.81. The van der Waals surface area contributed by atoms with E-state index in [4.69, 9.17) is 4.42 Å². The number of nitrogens with one attached hydrogen (secondary N) is 1. The highest BCUT2D eigenvalue weighted by Gasteiger charge is 2.15. The van der Waals surface area contributed by atoms with Gasteiger partial charge in [-0.3, -0.25) is 9.59 Å². The molecule has 10 heteroatoms. The van der Waals surface area contributed by atoms with Crippen LogP contribution < -0.4 is 5.56 Å². The molecule has 0 saturated carbocycles. The highest BCUT2D eigenvalue weighted by atomic mass is 32.1. The van der Waals surface area contributed by atoms with Crippen molar-refractivity contribution in [3.05, 3.63) is 50.3 Å². The van der Waals surface area contributed by atoms with Crippen LogP contribution in [0.5, 0.6) is 0 Å². The number of carbonyl (C=O) groups is 1. The molecule has 138 valence electrons. The van der Waals surface area contributed by atoms with Crippen molar-refractivity contribution in [1.29, 1.82) is 0 Å². The van der Waals surface area contributed by atoms with E-state index in [1.165, 1.54) is 16.2 Å². The second-order valence-corrected chi connectivity index (χ2v) is 7.61. The van der Waals surface area contributed by atoms with Gasteiger partial charge in [-0.15, -0.1) is 21.5 Å². The molecular weight excluding hydrogens is 386 g/mol. The maximum Gasteiger partial charge on any atom is 0.268 e. The number of H-pyrrole nitrogens is 1. The van der Waals surface area contributed by atoms with Crippen molar-refractivity contribution in [2.75, 3.05) is 7.05 Å². The second-order valence-electron chi connectivity index (χ2n) is 5.91. The summed E-state index contributed by atoms with van der Waals surface area (Å²) in [5.74, 6) is 1.24. The fourth-order valence-corrected chi connectivity index (χ4v) is 3.93. The van der Waals surface area contributed by atoms with Gasteiger partial charge in [0.25, 0.3) is 5.56 Å². The largest absolute Gasteiger partial charge is 0.421 e. The van der Waals surface area contributed by atoms with Gasteiger partial charge in [0.15, 0.2) is 0 Å². The van der Waals surface area contributed by atoms with Crippen LogP contribution in [0.1, 0.15) is 18.1 Å². The number of rotatable bonds is 6. The molecule has 0 aliphatic rings. The zero-order valence-electron chi connectivity index (χ0n) is 14.3. The number of nitrogens with zero attached hydrogens (tertiary/aromatic N) is 4. The number of hydrogen-bond acceptors (Lipinski definition) is 8. The second kappa shape index (κ2) is 7.41. The summed E-state index contributed by atoms with van der Waals surface area (Å²) in [4.78, 5) is 33.0. The molecule has 0 saturated heterocycles. The van der Waals surface area contributed by atoms with Gasteiger partial charge in [-0.25, -0.2) is 4.98 Å². The Morgan fingerprint density at radius 1 is 1.30 bits per heavy atom. The van der Waals surface area contributed by atoms with E-state index in [2.05, 4.69) is 20.2 Å². The molecule has 0 aliphatic heterocycles. The first-order valence-corrected chi connectivity index (χ1v) is 9.98. The zero-order valence-corrected chi connectivity index (χ0v) is 16.0. The summed E-state index contributed by atoms with van der Waals surface area (Å²) in [5.41, 5.74) is 1.34. The minimum absolute atomic E-state index is 0.0988. The lowest BCUT2D eigenvalue weighted by Crippen LogP contribution is -2.28. The number of aromatic amines is 1. The topological polar surface area (TPSA) is 105 Å². The number of aromatic nitrogens is 4. The van der Waals surface area contributed by atoms with Crippen molar-refractivity contribution in [3.63, 3.8) is 0 Å². The van der Waals surface area contributed by atoms with Crippen molar-refractivity contribution in [3.8, 4) is 11.5 Å². The van der Waals surface area contributed by atoms with E-state index < -0.39 is 0 Å². The van der Waals surface area contributed by atoms with Crippen LogP contribution in [0.2, 0.25) is 0 Å². The molecule has 0 bridgehead atoms. The average Bonchev–Trinajstić information content (AvgIpc) is 3.39. The summed E-state index contributed by atoms with van der Waals surface area (Å²) in [6.07, 6.45) is 0.584. The molecular formula is C17H15N5O3S2. The fourth-order valence-electron chi connectivity index (χ4n) is 2.57. The maximum atomic E-state index is 12.4. The van der Waals surface area contributed by atoms with Crippen LogP contribution in [0.4, 0.5) is 0 Å². The van der Waals surface area contributed by atoms with Gasteiger partial charge in [0.2, 0.25) is 17.7 Å². The molecule has 1 amide bonds. The highest BCUT2D eigenvalue weighted by Crippen LogP contribution is 2.21. The Bertz CT molecular complexity index is 1130. The Morgan fingerprint density at radius 2 is 2.19 bits per heavy atom. The van der Waals surface area contributed by atoms with E-state index >= 15 is 0 Å². The first kappa shape index (κ1) is 17.6. The number of hydrogen-bond donors (Lipinski definition) is 1. The molecule has 4 aromatic heterocycles. The van der Waals surface area contributed by atoms with E-state index in [0.717, 1.165) is 5.56 Å². The maximum absolute atomic E-state index is 12.4. The highest BCUT2D eigenvalue weighted by molar-refractivity contribution is 7.17. The number of thiophene rings is 2. The van der Waals surface area contributed by atoms with Crippen LogP contribution in [-0.2, 0) is 17.8 Å². The molecule has 0 aromatic carbocycles. The monoisotopic (exact) mass is 401 g/mol. The Kier molecular flexibility index (Phi) is 4.82. The molecule has 0 unspecified atom stereocenters. The van der Waals surface area contributed by atoms with Gasteiger partial charge in [0.05, 0.1) is 12.1 Å². The van der Waals surface area contributed by atoms with Gasteiger partial charge in [-0.05, 0) is 22.9 Å². The predicted molar refractivity (Wildman–Crippen MR) is 103 cm³/mol. The molecule has 4 aromatic rings. The summed E-state index contributed by atoms with van der Waals surface area (Å²) in [5, 5.41) is 13.7. The molecule has 1 N–H and O–H groups in total. The lowest BCUT2D eigenvalue weighted by Gasteiger charge is -2.16. The first-order valence-electron chi connectivity index (χ1n) is 8.15. The fraction of sp³-hybridized carbons (Fsp3) is 0.235. The van der Waals surface area contributed by atoms with Gasteiger partial charge in [0, 0.05) is 30.8 Å². The van der Waals surface area contributed by atoms with Crippen molar-refractivity contribution in [2.45, 2.75) is 19.4 Å². The number of fused-ring (bicyclic) bond motifs is 1. The predicted octanol–water partition coefficient (Wildman–Crippen LogP) is 2.69. The molecule has 4 heterocycles. The third-order valence-corrected chi connectivity index (χ3v) is 5.55. The Hall–Kier alpha value is -2.85. The smallest absolute Gasteiger partial charge is 0.268 e. The van der Waals surface area contributed by atoms with E-state index in [-0.39, 0.29) is 24.4 Å². The SMILES string of the molecule is CN(Cc1nc2ccsc2c(=O)[nH]1)C(=O)CCc1nnc(-c2ccsc2)o1. The van der Waals surface area contributed by atoms with Crippen LogP contribution in [-0.4, -0.2) is 38.0 Å². The quantitative estimate of drug-likeness (QED) is 0.533. The van der Waals surface area contributed by atoms with Gasteiger partial charge in [0.1, 0.15) is 10.5 Å². The summed E-state index contributed by atoms with van der Waals surface area (Å²) in [6.45, 7) is 0.226. The summed E-state index contributed by atoms with van der Waals surface area (Å²) >= 11 is 2.89. The van der Waals surface area contributed by atoms with Crippen molar-refractivity contribution >= 4 is 38.8 Å². The minimum Gasteiger partial charge on any atom is -0.421 e. The Morgan fingerprint density at radius 3 is 3.00 bits per heavy atom. The Labute approximate surface area is 161 Å². The molecule has 0 fully saturated rings. The molecule has 27 heavy (non-hydrogen) atoms. The van der Waals surface area contributed by atoms with E-state index in [0.29, 0.717) is 34.2 Å². The normalized spacial score (nSPS) is 11.1. The van der Waals surface area contributed by atoms with Gasteiger partial charge >= 0.3 is 0 Å². The summed E-state index contributed by atoms with van der Waals surface area (Å²) in [7, 11) is 1.67. The van der Waals surface area contributed by atoms with E-state index in [1.54, 1.807) is 24.5 Å². The van der Waals surface area contributed by atoms with Gasteiger partial charge in [-0.2, -0.15) is 11.3 Å². The van der Waals surface area contributed by atoms with Gasteiger partial charge < -0.3 is 14.3 Å². The van der Waals surface area contributed by atoms with Crippen molar-refractivity contribution in [2.24, 2.45) is 0 Å². The van der Waals surface area contributed by atoms with Crippen molar-refractivity contribution in [1.82, 2.24) is 25.1 Å². The number of aryl methyl sites for hydroxylation is 1. The van der Waals surface area contributed by atoms with E-state index in [1.807, 2.05) is 22.2 Å². The third-order valence-electron chi connectivity index (χ3n) is 3.96.